The van der Waals surface area contributed by atoms with Gasteiger partial charge in [0, 0.05) is 17.8 Å². The second kappa shape index (κ2) is 8.31. The van der Waals surface area contributed by atoms with Crippen molar-refractivity contribution in [2.45, 2.75) is 26.7 Å². The van der Waals surface area contributed by atoms with Crippen LogP contribution in [0.3, 0.4) is 0 Å². The first kappa shape index (κ1) is 19.9. The van der Waals surface area contributed by atoms with Gasteiger partial charge in [0.2, 0.25) is 0 Å². The van der Waals surface area contributed by atoms with Crippen molar-refractivity contribution in [1.82, 2.24) is 0 Å². The van der Waals surface area contributed by atoms with Crippen molar-refractivity contribution in [3.05, 3.63) is 57.6 Å². The van der Waals surface area contributed by atoms with Gasteiger partial charge in [0.15, 0.2) is 0 Å². The molecule has 0 saturated heterocycles. The fourth-order valence-electron chi connectivity index (χ4n) is 2.60. The lowest BCUT2D eigenvalue weighted by molar-refractivity contribution is -0.384. The third-order valence-corrected chi connectivity index (χ3v) is 4.01. The van der Waals surface area contributed by atoms with E-state index in [1.54, 1.807) is 0 Å². The van der Waals surface area contributed by atoms with Crippen molar-refractivity contribution in [2.24, 2.45) is 0 Å². The summed E-state index contributed by atoms with van der Waals surface area (Å²) in [5.41, 5.74) is 2.13. The average molecular weight is 371 g/mol. The van der Waals surface area contributed by atoms with Crippen molar-refractivity contribution < 1.29 is 19.2 Å². The van der Waals surface area contributed by atoms with Gasteiger partial charge in [-0.05, 0) is 30.0 Å². The topological polar surface area (TPSA) is 111 Å². The van der Waals surface area contributed by atoms with Gasteiger partial charge in [-0.25, -0.2) is 0 Å². The number of anilines is 2. The maximum Gasteiger partial charge on any atom is 0.314 e. The molecule has 2 aromatic carbocycles. The molecule has 0 radical (unpaired) electrons. The lowest BCUT2D eigenvalue weighted by atomic mass is 9.98. The highest BCUT2D eigenvalue weighted by molar-refractivity contribution is 6.44. The maximum atomic E-state index is 12.4. The molecule has 27 heavy (non-hydrogen) atoms. The van der Waals surface area contributed by atoms with E-state index in [2.05, 4.69) is 10.6 Å². The molecule has 0 bridgehead atoms. The molecule has 0 heterocycles. The number of rotatable bonds is 5. The number of nitrogens with zero attached hydrogens (tertiary/aromatic N) is 1. The summed E-state index contributed by atoms with van der Waals surface area (Å²) in [6.07, 6.45) is 0. The van der Waals surface area contributed by atoms with E-state index in [0.717, 1.165) is 17.2 Å². The Morgan fingerprint density at radius 3 is 2.37 bits per heavy atom. The Kier molecular flexibility index (Phi) is 6.12. The van der Waals surface area contributed by atoms with Crippen LogP contribution in [0.15, 0.2) is 36.4 Å². The molecular weight excluding hydrogens is 350 g/mol. The first-order valence-corrected chi connectivity index (χ1v) is 8.28. The first-order chi connectivity index (χ1) is 12.7. The van der Waals surface area contributed by atoms with Crippen LogP contribution in [-0.2, 0) is 9.59 Å². The summed E-state index contributed by atoms with van der Waals surface area (Å²) >= 11 is 0. The minimum atomic E-state index is -0.952. The Morgan fingerprint density at radius 2 is 1.78 bits per heavy atom. The van der Waals surface area contributed by atoms with Crippen LogP contribution in [0.25, 0.3) is 0 Å². The molecule has 2 amide bonds. The molecule has 8 nitrogen and oxygen atoms in total. The first-order valence-electron chi connectivity index (χ1n) is 8.28. The van der Waals surface area contributed by atoms with E-state index in [1.807, 2.05) is 39.0 Å². The Hall–Kier alpha value is -3.42. The van der Waals surface area contributed by atoms with Crippen molar-refractivity contribution in [2.75, 3.05) is 17.7 Å². The third kappa shape index (κ3) is 4.60. The van der Waals surface area contributed by atoms with E-state index in [9.17, 15) is 19.7 Å². The van der Waals surface area contributed by atoms with Crippen LogP contribution in [0.4, 0.5) is 17.1 Å². The SMILES string of the molecule is COc1ccc([N+](=O)[O-])cc1NC(=O)C(=O)Nc1c(C)cccc1C(C)C. The molecule has 2 N–H and O–H groups in total. The standard InChI is InChI=1S/C19H21N3O5/c1-11(2)14-7-5-6-12(3)17(14)21-19(24)18(23)20-15-10-13(22(25)26)8-9-16(15)27-4/h5-11H,1-4H3,(H,20,23)(H,21,24). The number of hydrogen-bond donors (Lipinski definition) is 2. The minimum absolute atomic E-state index is 0.0423. The zero-order valence-corrected chi connectivity index (χ0v) is 15.5. The molecule has 0 spiro atoms. The Labute approximate surface area is 156 Å². The number of carbonyl (C=O) groups excluding carboxylic acids is 2. The van der Waals surface area contributed by atoms with E-state index >= 15 is 0 Å². The van der Waals surface area contributed by atoms with Crippen molar-refractivity contribution in [3.8, 4) is 5.75 Å². The lowest BCUT2D eigenvalue weighted by Crippen LogP contribution is -2.30. The number of amides is 2. The molecule has 0 aliphatic carbocycles. The lowest BCUT2D eigenvalue weighted by Gasteiger charge is -2.16. The molecule has 0 aromatic heterocycles. The predicted molar refractivity (Wildman–Crippen MR) is 102 cm³/mol. The molecule has 142 valence electrons. The highest BCUT2D eigenvalue weighted by atomic mass is 16.6. The summed E-state index contributed by atoms with van der Waals surface area (Å²) in [7, 11) is 1.36. The van der Waals surface area contributed by atoms with E-state index in [-0.39, 0.29) is 23.0 Å². The van der Waals surface area contributed by atoms with Crippen LogP contribution < -0.4 is 15.4 Å². The summed E-state index contributed by atoms with van der Waals surface area (Å²) in [5.74, 6) is -1.47. The van der Waals surface area contributed by atoms with Crippen LogP contribution in [0.5, 0.6) is 5.75 Å². The molecule has 0 fully saturated rings. The second-order valence-corrected chi connectivity index (χ2v) is 6.24. The maximum absolute atomic E-state index is 12.4. The number of para-hydroxylation sites is 1. The Morgan fingerprint density at radius 1 is 1.11 bits per heavy atom. The monoisotopic (exact) mass is 371 g/mol. The van der Waals surface area contributed by atoms with Gasteiger partial charge in [0.25, 0.3) is 5.69 Å². The van der Waals surface area contributed by atoms with Gasteiger partial charge in [-0.1, -0.05) is 32.0 Å². The number of carbonyl (C=O) groups is 2. The number of nitro groups is 1. The Balaban J connectivity index is 2.24. The van der Waals surface area contributed by atoms with E-state index < -0.39 is 16.7 Å². The van der Waals surface area contributed by atoms with Crippen molar-refractivity contribution in [3.63, 3.8) is 0 Å². The molecular formula is C19H21N3O5. The summed E-state index contributed by atoms with van der Waals surface area (Å²) in [5, 5.41) is 15.9. The summed E-state index contributed by atoms with van der Waals surface area (Å²) in [6.45, 7) is 5.81. The fraction of sp³-hybridized carbons (Fsp3) is 0.263. The fourth-order valence-corrected chi connectivity index (χ4v) is 2.60. The van der Waals surface area contributed by atoms with Gasteiger partial charge in [-0.15, -0.1) is 0 Å². The zero-order chi connectivity index (χ0) is 20.1. The normalized spacial score (nSPS) is 10.4. The third-order valence-electron chi connectivity index (χ3n) is 4.01. The predicted octanol–water partition coefficient (Wildman–Crippen LogP) is 3.61. The number of methoxy groups -OCH3 is 1. The smallest absolute Gasteiger partial charge is 0.314 e. The molecule has 2 rings (SSSR count). The summed E-state index contributed by atoms with van der Waals surface area (Å²) in [6, 6.07) is 9.34. The van der Waals surface area contributed by atoms with Gasteiger partial charge in [-0.2, -0.15) is 0 Å². The molecule has 0 aliphatic heterocycles. The average Bonchev–Trinajstić information content (AvgIpc) is 2.62. The van der Waals surface area contributed by atoms with Crippen molar-refractivity contribution in [1.29, 1.82) is 0 Å². The van der Waals surface area contributed by atoms with Gasteiger partial charge in [0.1, 0.15) is 5.75 Å². The number of nitro benzene ring substituents is 1. The number of non-ortho nitro benzene ring substituents is 1. The highest BCUT2D eigenvalue weighted by Gasteiger charge is 2.20. The molecule has 0 saturated carbocycles. The van der Waals surface area contributed by atoms with Gasteiger partial charge < -0.3 is 15.4 Å². The molecule has 0 unspecified atom stereocenters. The van der Waals surface area contributed by atoms with Crippen molar-refractivity contribution >= 4 is 28.9 Å². The summed E-state index contributed by atoms with van der Waals surface area (Å²) in [4.78, 5) is 35.0. The van der Waals surface area contributed by atoms with Crippen LogP contribution >= 0.6 is 0 Å². The number of ether oxygens (including phenoxy) is 1. The van der Waals surface area contributed by atoms with E-state index in [0.29, 0.717) is 5.69 Å². The Bertz CT molecular complexity index is 893. The second-order valence-electron chi connectivity index (χ2n) is 6.24. The van der Waals surface area contributed by atoms with Crippen LogP contribution in [0, 0.1) is 17.0 Å². The molecule has 0 aliphatic rings. The molecule has 2 aromatic rings. The number of aryl methyl sites for hydroxylation is 1. The van der Waals surface area contributed by atoms with Gasteiger partial charge in [-0.3, -0.25) is 19.7 Å². The van der Waals surface area contributed by atoms with Crippen LogP contribution in [-0.4, -0.2) is 23.8 Å². The van der Waals surface area contributed by atoms with Crippen LogP contribution in [0.2, 0.25) is 0 Å². The quantitative estimate of drug-likeness (QED) is 0.474. The number of benzene rings is 2. The summed E-state index contributed by atoms with van der Waals surface area (Å²) < 4.78 is 5.08. The van der Waals surface area contributed by atoms with Gasteiger partial charge in [0.05, 0.1) is 17.7 Å². The minimum Gasteiger partial charge on any atom is -0.495 e. The van der Waals surface area contributed by atoms with Gasteiger partial charge >= 0.3 is 11.8 Å². The zero-order valence-electron chi connectivity index (χ0n) is 15.5. The number of hydrogen-bond acceptors (Lipinski definition) is 5. The largest absolute Gasteiger partial charge is 0.495 e. The highest BCUT2D eigenvalue weighted by Crippen LogP contribution is 2.30. The molecule has 0 atom stereocenters. The van der Waals surface area contributed by atoms with Crippen LogP contribution in [0.1, 0.15) is 30.9 Å². The number of nitrogens with one attached hydrogen (secondary N) is 2. The van der Waals surface area contributed by atoms with E-state index in [4.69, 9.17) is 4.74 Å². The van der Waals surface area contributed by atoms with E-state index in [1.165, 1.54) is 19.2 Å². The molecule has 8 heteroatoms.